The van der Waals surface area contributed by atoms with E-state index in [1.165, 1.54) is 50.2 Å². The molecule has 1 unspecified atom stereocenters. The van der Waals surface area contributed by atoms with Crippen LogP contribution < -0.4 is 0 Å². The van der Waals surface area contributed by atoms with Gasteiger partial charge in [0.1, 0.15) is 5.76 Å². The summed E-state index contributed by atoms with van der Waals surface area (Å²) in [5.74, 6) is 0.724. The van der Waals surface area contributed by atoms with Crippen LogP contribution >= 0.6 is 0 Å². The first-order valence-corrected chi connectivity index (χ1v) is 20.5. The Hall–Kier alpha value is -2.88. The van der Waals surface area contributed by atoms with Gasteiger partial charge in [-0.25, -0.2) is 5.26 Å². The summed E-state index contributed by atoms with van der Waals surface area (Å²) in [5, 5.41) is 11.8. The molecule has 1 N–H and O–H groups in total. The second-order valence-electron chi connectivity index (χ2n) is 18.4. The summed E-state index contributed by atoms with van der Waals surface area (Å²) < 4.78 is 8.02. The van der Waals surface area contributed by atoms with Crippen molar-refractivity contribution in [2.45, 2.75) is 182 Å². The zero-order valence-corrected chi connectivity index (χ0v) is 38.3. The van der Waals surface area contributed by atoms with E-state index < -0.39 is 21.8 Å². The third kappa shape index (κ3) is 12.3. The molecule has 0 aromatic heterocycles. The summed E-state index contributed by atoms with van der Waals surface area (Å²) in [6.07, 6.45) is 27.3. The molecule has 0 aromatic carbocycles. The normalized spacial score (nSPS) is 18.0. The van der Waals surface area contributed by atoms with E-state index in [0.717, 1.165) is 43.4 Å². The molecule has 0 radical (unpaired) electrons. The highest BCUT2D eigenvalue weighted by Crippen LogP contribution is 2.75. The van der Waals surface area contributed by atoms with Crippen molar-refractivity contribution in [3.63, 3.8) is 0 Å². The molecule has 54 heavy (non-hydrogen) atoms. The molecular formula is C51H82O3. The predicted octanol–water partition coefficient (Wildman–Crippen LogP) is 16.3. The Morgan fingerprint density at radius 3 is 1.06 bits per heavy atom. The van der Waals surface area contributed by atoms with Crippen molar-refractivity contribution in [3.05, 3.63) is 116 Å². The molecule has 3 heteroatoms. The molecule has 0 aliphatic heterocycles. The van der Waals surface area contributed by atoms with Gasteiger partial charge in [-0.1, -0.05) is 105 Å². The Balaban J connectivity index is 5.50. The van der Waals surface area contributed by atoms with Crippen LogP contribution in [0, 0.1) is 16.2 Å². The topological polar surface area (TPSA) is 38.7 Å². The molecule has 1 aliphatic rings. The predicted molar refractivity (Wildman–Crippen MR) is 239 cm³/mol. The van der Waals surface area contributed by atoms with Gasteiger partial charge in [0.15, 0.2) is 0 Å². The minimum Gasteiger partial charge on any atom is -0.369 e. The van der Waals surface area contributed by atoms with Gasteiger partial charge in [0, 0.05) is 16.2 Å². The summed E-state index contributed by atoms with van der Waals surface area (Å²) in [5.41, 5.74) is 9.84. The van der Waals surface area contributed by atoms with Crippen molar-refractivity contribution in [1.29, 1.82) is 0 Å². The average Bonchev–Trinajstić information content (AvgIpc) is 3.05. The fraction of sp³-hybridized carbons (Fsp3) is 0.608. The van der Waals surface area contributed by atoms with Crippen LogP contribution in [0.25, 0.3) is 0 Å². The fourth-order valence-electron chi connectivity index (χ4n) is 8.37. The molecule has 0 bridgehead atoms. The van der Waals surface area contributed by atoms with Crippen LogP contribution in [0.2, 0.25) is 0 Å². The van der Waals surface area contributed by atoms with Gasteiger partial charge in [0.05, 0.1) is 12.2 Å². The smallest absolute Gasteiger partial charge is 0.149 e. The van der Waals surface area contributed by atoms with E-state index in [0.29, 0.717) is 25.9 Å². The van der Waals surface area contributed by atoms with Crippen molar-refractivity contribution < 1.29 is 14.9 Å². The lowest BCUT2D eigenvalue weighted by atomic mass is 9.37. The average molecular weight is 743 g/mol. The quantitative estimate of drug-likeness (QED) is 0.0767. The van der Waals surface area contributed by atoms with Crippen molar-refractivity contribution in [3.8, 4) is 0 Å². The van der Waals surface area contributed by atoms with E-state index in [9.17, 15) is 5.26 Å². The Labute approximate surface area is 334 Å². The molecular weight excluding hydrogens is 661 g/mol. The van der Waals surface area contributed by atoms with Gasteiger partial charge in [-0.05, 0) is 182 Å². The Bertz CT molecular complexity index is 1480. The van der Waals surface area contributed by atoms with Gasteiger partial charge in [0.25, 0.3) is 0 Å². The summed E-state index contributed by atoms with van der Waals surface area (Å²) in [6.45, 7) is 40.0. The molecule has 1 rings (SSSR count). The Morgan fingerprint density at radius 1 is 0.407 bits per heavy atom. The number of ether oxygens (including phenoxy) is 1. The van der Waals surface area contributed by atoms with Gasteiger partial charge >= 0.3 is 0 Å². The lowest BCUT2D eigenvalue weighted by Gasteiger charge is -2.70. The highest BCUT2D eigenvalue weighted by atomic mass is 17.1. The molecule has 0 saturated heterocycles. The molecule has 0 spiro atoms. The minimum atomic E-state index is -0.767. The number of allylic oxidation sites excluding steroid dienone is 17. The van der Waals surface area contributed by atoms with Gasteiger partial charge in [-0.3, -0.25) is 0 Å². The van der Waals surface area contributed by atoms with Crippen molar-refractivity contribution >= 4 is 0 Å². The van der Waals surface area contributed by atoms with Crippen LogP contribution in [0.4, 0.5) is 0 Å². The van der Waals surface area contributed by atoms with Gasteiger partial charge < -0.3 is 9.62 Å². The van der Waals surface area contributed by atoms with Gasteiger partial charge in [0.2, 0.25) is 0 Å². The first-order chi connectivity index (χ1) is 25.1. The number of rotatable bonds is 20. The van der Waals surface area contributed by atoms with E-state index in [4.69, 9.17) is 9.62 Å². The molecule has 0 amide bonds. The van der Waals surface area contributed by atoms with E-state index in [-0.39, 0.29) is 0 Å². The van der Waals surface area contributed by atoms with Crippen LogP contribution in [0.5, 0.6) is 0 Å². The SMILES string of the molecule is CC(C)=CCOC1(CC=C(C)C)C(CC=C(C)C)(CC=C(C)C)C(CC=C(C)C)=C(OO)C(CC=C(C)C)(CC=C(C)C)C1(CC=C(C)C)CC=C(C)C. The van der Waals surface area contributed by atoms with Crippen molar-refractivity contribution in [2.75, 3.05) is 6.61 Å². The molecule has 3 nitrogen and oxygen atoms in total. The molecule has 0 saturated carbocycles. The van der Waals surface area contributed by atoms with E-state index in [1.54, 1.807) is 0 Å². The maximum absolute atomic E-state index is 11.8. The third-order valence-corrected chi connectivity index (χ3v) is 11.3. The van der Waals surface area contributed by atoms with E-state index in [2.05, 4.69) is 179 Å². The largest absolute Gasteiger partial charge is 0.369 e. The van der Waals surface area contributed by atoms with E-state index in [1.807, 2.05) is 0 Å². The second kappa shape index (κ2) is 22.0. The summed E-state index contributed by atoms with van der Waals surface area (Å²) in [7, 11) is 0. The van der Waals surface area contributed by atoms with Crippen LogP contribution in [0.15, 0.2) is 116 Å². The Kier molecular flexibility index (Phi) is 20.0. The highest BCUT2D eigenvalue weighted by Gasteiger charge is 2.74. The maximum Gasteiger partial charge on any atom is 0.149 e. The minimum absolute atomic E-state index is 0.488. The number of hydrogen-bond acceptors (Lipinski definition) is 3. The molecule has 1 aliphatic carbocycles. The lowest BCUT2D eigenvalue weighted by molar-refractivity contribution is -0.286. The molecule has 0 heterocycles. The third-order valence-electron chi connectivity index (χ3n) is 11.3. The first-order valence-electron chi connectivity index (χ1n) is 20.5. The van der Waals surface area contributed by atoms with Gasteiger partial charge in [-0.2, -0.15) is 0 Å². The lowest BCUT2D eigenvalue weighted by Crippen LogP contribution is -2.70. The van der Waals surface area contributed by atoms with E-state index >= 15 is 0 Å². The Morgan fingerprint density at radius 2 is 0.722 bits per heavy atom. The van der Waals surface area contributed by atoms with Crippen LogP contribution in [-0.4, -0.2) is 17.5 Å². The van der Waals surface area contributed by atoms with Crippen LogP contribution in [0.1, 0.15) is 176 Å². The monoisotopic (exact) mass is 743 g/mol. The zero-order valence-electron chi connectivity index (χ0n) is 38.3. The first kappa shape index (κ1) is 49.1. The summed E-state index contributed by atoms with van der Waals surface area (Å²) >= 11 is 0. The highest BCUT2D eigenvalue weighted by molar-refractivity contribution is 5.45. The number of hydrogen-bond donors (Lipinski definition) is 1. The van der Waals surface area contributed by atoms with Crippen LogP contribution in [-0.2, 0) is 9.62 Å². The molecule has 0 aromatic rings. The standard InChI is InChI=1S/C51H82O3/c1-37(2)19-20-46-47(54-52)49(31-23-40(7)8,32-24-41(9)10)50(33-25-42(11)12,34-26-43(13)14)51(35-27-44(15)16,53-36-28-45(17)18)48(46,29-21-38(3)4)30-22-39(5)6/h19,21-28,52H,20,29-36H2,1-18H3. The molecule has 0 fully saturated rings. The molecule has 304 valence electrons. The second-order valence-corrected chi connectivity index (χ2v) is 18.4. The van der Waals surface area contributed by atoms with Crippen LogP contribution in [0.3, 0.4) is 0 Å². The zero-order chi connectivity index (χ0) is 41.5. The fourth-order valence-corrected chi connectivity index (χ4v) is 8.37. The maximum atomic E-state index is 11.8. The van der Waals surface area contributed by atoms with Crippen molar-refractivity contribution in [1.82, 2.24) is 0 Å². The summed E-state index contributed by atoms with van der Waals surface area (Å²) in [4.78, 5) is 6.14. The van der Waals surface area contributed by atoms with Gasteiger partial charge in [-0.15, -0.1) is 0 Å². The molecule has 1 atom stereocenters. The van der Waals surface area contributed by atoms with Crippen molar-refractivity contribution in [2.24, 2.45) is 16.2 Å². The summed E-state index contributed by atoms with van der Waals surface area (Å²) in [6, 6.07) is 0.